The molecule has 3 aromatic rings. The Morgan fingerprint density at radius 3 is 2.35 bits per heavy atom. The van der Waals surface area contributed by atoms with Crippen molar-refractivity contribution < 1.29 is 18.4 Å². The standard InChI is InChI=1S/C26H20Cl2F2N2O2/c1-26(10-5-11-32(26)15-20-21(29)13-18(28)14-22(20)30)25(34)31-23-9-8-17(27)12-19(23)24(33)16-6-3-2-4-7-16/h2-9,11-14H,10,15H2,1H3,(H,31,34)/t26-/m1/s1. The Morgan fingerprint density at radius 1 is 1.00 bits per heavy atom. The lowest BCUT2D eigenvalue weighted by Gasteiger charge is -2.35. The fourth-order valence-electron chi connectivity index (χ4n) is 3.85. The Hall–Kier alpha value is -3.22. The Balaban J connectivity index is 1.61. The molecule has 3 aromatic carbocycles. The minimum Gasteiger partial charge on any atom is -0.359 e. The van der Waals surface area contributed by atoms with E-state index in [-0.39, 0.29) is 28.5 Å². The lowest BCUT2D eigenvalue weighted by Crippen LogP contribution is -2.50. The number of nitrogens with zero attached hydrogens (tertiary/aromatic N) is 1. The number of amides is 1. The Morgan fingerprint density at radius 2 is 1.68 bits per heavy atom. The fourth-order valence-corrected chi connectivity index (χ4v) is 4.21. The number of ketones is 1. The van der Waals surface area contributed by atoms with E-state index in [2.05, 4.69) is 5.32 Å². The van der Waals surface area contributed by atoms with E-state index in [0.717, 1.165) is 12.1 Å². The van der Waals surface area contributed by atoms with Crippen molar-refractivity contribution in [3.05, 3.63) is 111 Å². The second-order valence-electron chi connectivity index (χ2n) is 8.18. The summed E-state index contributed by atoms with van der Waals surface area (Å²) < 4.78 is 28.8. The van der Waals surface area contributed by atoms with Crippen molar-refractivity contribution in [1.82, 2.24) is 4.90 Å². The average molecular weight is 501 g/mol. The Labute approximate surface area is 205 Å². The SMILES string of the molecule is C[C@]1(C(=O)Nc2ccc(Cl)cc2C(=O)c2ccccc2)CC=CN1Cc1c(F)cc(Cl)cc1F. The molecule has 1 amide bonds. The van der Waals surface area contributed by atoms with Gasteiger partial charge in [0.05, 0.1) is 5.69 Å². The highest BCUT2D eigenvalue weighted by Crippen LogP contribution is 2.33. The molecule has 174 valence electrons. The van der Waals surface area contributed by atoms with Gasteiger partial charge in [0.15, 0.2) is 5.78 Å². The highest BCUT2D eigenvalue weighted by Gasteiger charge is 2.41. The van der Waals surface area contributed by atoms with Crippen LogP contribution in [-0.2, 0) is 11.3 Å². The third-order valence-electron chi connectivity index (χ3n) is 5.87. The predicted octanol–water partition coefficient (Wildman–Crippen LogP) is 6.62. The largest absolute Gasteiger partial charge is 0.359 e. The van der Waals surface area contributed by atoms with Gasteiger partial charge in [-0.15, -0.1) is 0 Å². The monoisotopic (exact) mass is 500 g/mol. The van der Waals surface area contributed by atoms with Crippen LogP contribution in [0.2, 0.25) is 10.0 Å². The van der Waals surface area contributed by atoms with Crippen LogP contribution in [0.1, 0.15) is 34.8 Å². The number of hydrogen-bond donors (Lipinski definition) is 1. The lowest BCUT2D eigenvalue weighted by atomic mass is 9.95. The minimum absolute atomic E-state index is 0.0467. The lowest BCUT2D eigenvalue weighted by molar-refractivity contribution is -0.125. The molecule has 1 aliphatic rings. The summed E-state index contributed by atoms with van der Waals surface area (Å²) in [5.41, 5.74) is -0.362. The van der Waals surface area contributed by atoms with Crippen molar-refractivity contribution in [2.24, 2.45) is 0 Å². The molecule has 0 bridgehead atoms. The molecule has 1 atom stereocenters. The summed E-state index contributed by atoms with van der Waals surface area (Å²) in [5.74, 6) is -2.31. The molecule has 1 aliphatic heterocycles. The van der Waals surface area contributed by atoms with Crippen molar-refractivity contribution in [2.45, 2.75) is 25.4 Å². The molecule has 0 fully saturated rings. The molecule has 1 heterocycles. The third-order valence-corrected chi connectivity index (χ3v) is 6.32. The quantitative estimate of drug-likeness (QED) is 0.387. The van der Waals surface area contributed by atoms with Crippen LogP contribution in [0.3, 0.4) is 0 Å². The second-order valence-corrected chi connectivity index (χ2v) is 9.05. The number of anilines is 1. The van der Waals surface area contributed by atoms with E-state index in [9.17, 15) is 18.4 Å². The van der Waals surface area contributed by atoms with Gasteiger partial charge >= 0.3 is 0 Å². The number of halogens is 4. The van der Waals surface area contributed by atoms with Crippen LogP contribution in [-0.4, -0.2) is 22.1 Å². The molecule has 0 spiro atoms. The predicted molar refractivity (Wildman–Crippen MR) is 129 cm³/mol. The number of carbonyl (C=O) groups is 2. The summed E-state index contributed by atoms with van der Waals surface area (Å²) in [5, 5.41) is 3.12. The van der Waals surface area contributed by atoms with Gasteiger partial charge in [-0.25, -0.2) is 8.78 Å². The highest BCUT2D eigenvalue weighted by atomic mass is 35.5. The van der Waals surface area contributed by atoms with Gasteiger partial charge in [-0.3, -0.25) is 9.59 Å². The first-order chi connectivity index (χ1) is 16.2. The van der Waals surface area contributed by atoms with Gasteiger partial charge in [0.2, 0.25) is 5.91 Å². The van der Waals surface area contributed by atoms with Gasteiger partial charge < -0.3 is 10.2 Å². The van der Waals surface area contributed by atoms with E-state index >= 15 is 0 Å². The zero-order chi connectivity index (χ0) is 24.5. The molecule has 34 heavy (non-hydrogen) atoms. The summed E-state index contributed by atoms with van der Waals surface area (Å²) in [6.07, 6.45) is 3.69. The highest BCUT2D eigenvalue weighted by molar-refractivity contribution is 6.31. The molecular formula is C26H20Cl2F2N2O2. The number of carbonyl (C=O) groups excluding carboxylic acids is 2. The van der Waals surface area contributed by atoms with Crippen LogP contribution in [0.15, 0.2) is 72.9 Å². The van der Waals surface area contributed by atoms with Gasteiger partial charge in [-0.2, -0.15) is 0 Å². The van der Waals surface area contributed by atoms with Crippen molar-refractivity contribution in [3.8, 4) is 0 Å². The number of nitrogens with one attached hydrogen (secondary N) is 1. The van der Waals surface area contributed by atoms with Crippen molar-refractivity contribution >= 4 is 40.6 Å². The molecule has 8 heteroatoms. The maximum absolute atomic E-state index is 14.4. The van der Waals surface area contributed by atoms with E-state index in [0.29, 0.717) is 22.7 Å². The summed E-state index contributed by atoms with van der Waals surface area (Å²) in [7, 11) is 0. The summed E-state index contributed by atoms with van der Waals surface area (Å²) in [6.45, 7) is 1.49. The second kappa shape index (κ2) is 9.57. The molecule has 4 nitrogen and oxygen atoms in total. The Kier molecular flexibility index (Phi) is 6.73. The van der Waals surface area contributed by atoms with E-state index in [1.165, 1.54) is 6.07 Å². The first-order valence-corrected chi connectivity index (χ1v) is 11.2. The zero-order valence-electron chi connectivity index (χ0n) is 18.1. The number of benzene rings is 3. The summed E-state index contributed by atoms with van der Waals surface area (Å²) in [6, 6.07) is 15.3. The van der Waals surface area contributed by atoms with Gasteiger partial charge in [0.1, 0.15) is 17.2 Å². The molecule has 0 saturated carbocycles. The maximum Gasteiger partial charge on any atom is 0.250 e. The van der Waals surface area contributed by atoms with Crippen LogP contribution in [0, 0.1) is 11.6 Å². The van der Waals surface area contributed by atoms with Crippen LogP contribution in [0.25, 0.3) is 0 Å². The van der Waals surface area contributed by atoms with Gasteiger partial charge in [0.25, 0.3) is 0 Å². The van der Waals surface area contributed by atoms with Crippen LogP contribution < -0.4 is 5.32 Å². The number of rotatable bonds is 6. The smallest absolute Gasteiger partial charge is 0.250 e. The summed E-state index contributed by atoms with van der Waals surface area (Å²) in [4.78, 5) is 28.1. The van der Waals surface area contributed by atoms with Crippen LogP contribution >= 0.6 is 23.2 Å². The molecule has 0 aromatic heterocycles. The van der Waals surface area contributed by atoms with Gasteiger partial charge in [-0.1, -0.05) is 59.6 Å². The minimum atomic E-state index is -1.15. The normalized spacial score (nSPS) is 17.1. The van der Waals surface area contributed by atoms with Crippen molar-refractivity contribution in [2.75, 3.05) is 5.32 Å². The first-order valence-electron chi connectivity index (χ1n) is 10.5. The van der Waals surface area contributed by atoms with E-state index in [4.69, 9.17) is 23.2 Å². The Bertz CT molecular complexity index is 1270. The molecule has 0 aliphatic carbocycles. The van der Waals surface area contributed by atoms with Crippen molar-refractivity contribution in [1.29, 1.82) is 0 Å². The average Bonchev–Trinajstić information content (AvgIpc) is 3.19. The molecule has 0 saturated heterocycles. The maximum atomic E-state index is 14.4. The van der Waals surface area contributed by atoms with E-state index in [1.54, 1.807) is 66.6 Å². The summed E-state index contributed by atoms with van der Waals surface area (Å²) >= 11 is 11.9. The van der Waals surface area contributed by atoms with E-state index in [1.807, 2.05) is 0 Å². The van der Waals surface area contributed by atoms with Gasteiger partial charge in [0, 0.05) is 33.3 Å². The van der Waals surface area contributed by atoms with Gasteiger partial charge in [-0.05, 0) is 49.9 Å². The first kappa shape index (κ1) is 23.9. The number of hydrogen-bond acceptors (Lipinski definition) is 3. The van der Waals surface area contributed by atoms with Crippen LogP contribution in [0.4, 0.5) is 14.5 Å². The molecule has 0 radical (unpaired) electrons. The topological polar surface area (TPSA) is 49.4 Å². The molecule has 1 N–H and O–H groups in total. The van der Waals surface area contributed by atoms with Crippen LogP contribution in [0.5, 0.6) is 0 Å². The third kappa shape index (κ3) is 4.69. The molecule has 0 unspecified atom stereocenters. The fraction of sp³-hybridized carbons (Fsp3) is 0.154. The van der Waals surface area contributed by atoms with Crippen molar-refractivity contribution in [3.63, 3.8) is 0 Å². The molecule has 4 rings (SSSR count). The zero-order valence-corrected chi connectivity index (χ0v) is 19.6. The van der Waals surface area contributed by atoms with E-state index < -0.39 is 23.1 Å². The molecular weight excluding hydrogens is 481 g/mol.